The molecule has 8 nitrogen and oxygen atoms in total. The normalized spacial score (nSPS) is 28.3. The number of anilines is 2. The number of nitrogens with zero attached hydrogens (tertiary/aromatic N) is 3. The highest BCUT2D eigenvalue weighted by Gasteiger charge is 2.50. The van der Waals surface area contributed by atoms with E-state index in [0.717, 1.165) is 23.1 Å². The van der Waals surface area contributed by atoms with Crippen LogP contribution < -0.4 is 19.3 Å². The molecule has 0 radical (unpaired) electrons. The number of oxime groups is 1. The summed E-state index contributed by atoms with van der Waals surface area (Å²) in [5, 5.41) is 4.29. The Morgan fingerprint density at radius 1 is 1.11 bits per heavy atom. The van der Waals surface area contributed by atoms with Crippen LogP contribution in [0.3, 0.4) is 0 Å². The van der Waals surface area contributed by atoms with E-state index in [2.05, 4.69) is 5.16 Å². The van der Waals surface area contributed by atoms with Gasteiger partial charge in [-0.25, -0.2) is 8.78 Å². The Bertz CT molecular complexity index is 1270. The summed E-state index contributed by atoms with van der Waals surface area (Å²) in [6.45, 7) is 0.826. The number of fused-ring (bicyclic) bond motifs is 2. The maximum atomic E-state index is 15.6. The molecule has 0 amide bonds. The van der Waals surface area contributed by atoms with Crippen LogP contribution in [-0.2, 0) is 9.63 Å². The van der Waals surface area contributed by atoms with Gasteiger partial charge < -0.3 is 28.9 Å². The summed E-state index contributed by atoms with van der Waals surface area (Å²) in [6.07, 6.45) is -0.513. The van der Waals surface area contributed by atoms with Gasteiger partial charge in [-0.15, -0.1) is 0 Å². The number of hydrogen-bond donors (Lipinski definition) is 0. The molecule has 1 saturated carbocycles. The van der Waals surface area contributed by atoms with E-state index >= 15 is 4.39 Å². The molecular formula is C26H25F2N3O5. The van der Waals surface area contributed by atoms with Crippen molar-refractivity contribution in [2.45, 2.75) is 24.7 Å². The second-order valence-corrected chi connectivity index (χ2v) is 9.58. The smallest absolute Gasteiger partial charge is 0.177 e. The molecule has 5 atom stereocenters. The Hall–Kier alpha value is -3.69. The van der Waals surface area contributed by atoms with Gasteiger partial charge in [0.15, 0.2) is 23.5 Å². The van der Waals surface area contributed by atoms with Crippen LogP contribution in [0.4, 0.5) is 20.2 Å². The van der Waals surface area contributed by atoms with Crippen molar-refractivity contribution in [1.29, 1.82) is 0 Å². The molecule has 36 heavy (non-hydrogen) atoms. The predicted molar refractivity (Wildman–Crippen MR) is 128 cm³/mol. The highest BCUT2D eigenvalue weighted by atomic mass is 19.1. The molecule has 1 aliphatic carbocycles. The fourth-order valence-corrected chi connectivity index (χ4v) is 5.58. The Labute approximate surface area is 206 Å². The fourth-order valence-electron chi connectivity index (χ4n) is 5.58. The number of carbonyl (C=O) groups excluding carboxylic acids is 2. The molecule has 2 fully saturated rings. The van der Waals surface area contributed by atoms with Gasteiger partial charge in [0.25, 0.3) is 0 Å². The van der Waals surface area contributed by atoms with E-state index in [1.807, 2.05) is 29.2 Å². The van der Waals surface area contributed by atoms with Crippen LogP contribution in [0.2, 0.25) is 0 Å². The van der Waals surface area contributed by atoms with Crippen LogP contribution in [0.5, 0.6) is 11.5 Å². The average molecular weight is 497 g/mol. The second kappa shape index (κ2) is 8.46. The molecule has 3 heterocycles. The lowest BCUT2D eigenvalue weighted by molar-refractivity contribution is -0.109. The first-order chi connectivity index (χ1) is 17.4. The molecule has 4 aliphatic rings. The summed E-state index contributed by atoms with van der Waals surface area (Å²) in [7, 11) is 3.01. The third kappa shape index (κ3) is 3.42. The maximum absolute atomic E-state index is 15.6. The van der Waals surface area contributed by atoms with E-state index in [-0.39, 0.29) is 35.6 Å². The Balaban J connectivity index is 1.36. The van der Waals surface area contributed by atoms with Crippen molar-refractivity contribution >= 4 is 29.2 Å². The third-order valence-corrected chi connectivity index (χ3v) is 7.52. The van der Waals surface area contributed by atoms with Crippen molar-refractivity contribution in [2.75, 3.05) is 43.7 Å². The zero-order chi connectivity index (χ0) is 25.1. The number of methoxy groups -OCH3 is 2. The molecule has 2 aromatic rings. The third-order valence-electron chi connectivity index (χ3n) is 7.52. The van der Waals surface area contributed by atoms with Crippen LogP contribution in [0.15, 0.2) is 35.5 Å². The van der Waals surface area contributed by atoms with Gasteiger partial charge in [-0.2, -0.15) is 0 Å². The van der Waals surface area contributed by atoms with E-state index in [4.69, 9.17) is 14.3 Å². The van der Waals surface area contributed by atoms with Crippen molar-refractivity contribution in [1.82, 2.24) is 0 Å². The van der Waals surface area contributed by atoms with Crippen LogP contribution in [0.1, 0.15) is 22.3 Å². The molecule has 10 heteroatoms. The van der Waals surface area contributed by atoms with Gasteiger partial charge in [-0.3, -0.25) is 4.79 Å². The first-order valence-corrected chi connectivity index (χ1v) is 11.9. The summed E-state index contributed by atoms with van der Waals surface area (Å²) in [5.41, 5.74) is 2.26. The number of ketones is 1. The fraction of sp³-hybridized carbons (Fsp3) is 0.423. The molecule has 0 bridgehead atoms. The van der Waals surface area contributed by atoms with Crippen LogP contribution in [0.25, 0.3) is 0 Å². The molecule has 0 aromatic heterocycles. The first kappa shape index (κ1) is 22.8. The van der Waals surface area contributed by atoms with Crippen LogP contribution >= 0.6 is 0 Å². The van der Waals surface area contributed by atoms with E-state index in [1.54, 1.807) is 12.0 Å². The van der Waals surface area contributed by atoms with Gasteiger partial charge in [0.2, 0.25) is 0 Å². The van der Waals surface area contributed by atoms with Gasteiger partial charge in [0.05, 0.1) is 50.0 Å². The van der Waals surface area contributed by atoms with E-state index < -0.39 is 29.7 Å². The van der Waals surface area contributed by atoms with E-state index in [1.165, 1.54) is 7.11 Å². The monoisotopic (exact) mass is 497 g/mol. The lowest BCUT2D eigenvalue weighted by atomic mass is 9.90. The zero-order valence-corrected chi connectivity index (χ0v) is 19.8. The number of aldehydes is 1. The quantitative estimate of drug-likeness (QED) is 0.448. The van der Waals surface area contributed by atoms with E-state index in [9.17, 15) is 14.0 Å². The topological polar surface area (TPSA) is 80.7 Å². The summed E-state index contributed by atoms with van der Waals surface area (Å²) >= 11 is 0. The Morgan fingerprint density at radius 2 is 1.86 bits per heavy atom. The summed E-state index contributed by atoms with van der Waals surface area (Å²) in [5.74, 6) is -1.29. The number of ether oxygens (including phenoxy) is 2. The highest BCUT2D eigenvalue weighted by Crippen LogP contribution is 2.50. The number of benzene rings is 2. The Morgan fingerprint density at radius 3 is 2.50 bits per heavy atom. The summed E-state index contributed by atoms with van der Waals surface area (Å²) in [6, 6.07) is 8.18. The van der Waals surface area contributed by atoms with Gasteiger partial charge in [-0.1, -0.05) is 5.16 Å². The minimum absolute atomic E-state index is 0.0461. The first-order valence-electron chi connectivity index (χ1n) is 11.9. The van der Waals surface area contributed by atoms with Crippen molar-refractivity contribution in [3.05, 3.63) is 47.3 Å². The number of Topliss-reactive ketones (excluding diaryl/α,β-unsaturated/α-hetero) is 1. The van der Waals surface area contributed by atoms with Crippen molar-refractivity contribution < 1.29 is 32.7 Å². The number of halogens is 2. The standard InChI is InChI=1S/C26H25F2N3O5/c1-34-15-5-3-13(4-6-15)22-17-10-30(11-21(17)36-29-22)24-19(28)7-16-23(26(24)35-2)31(20-8-18(20)27)9-14(12-32)25(16)33/h3-7,12,14,17-18,20-21H,8-11H2,1-2H3/t14?,17?,18-,20+,21?/m0/s1. The molecule has 0 N–H and O–H groups in total. The van der Waals surface area contributed by atoms with Crippen LogP contribution in [-0.4, -0.2) is 70.0 Å². The summed E-state index contributed by atoms with van der Waals surface area (Å²) < 4.78 is 40.7. The molecule has 2 aromatic carbocycles. The lowest BCUT2D eigenvalue weighted by Crippen LogP contribution is -2.42. The second-order valence-electron chi connectivity index (χ2n) is 9.58. The Kier molecular flexibility index (Phi) is 5.35. The van der Waals surface area contributed by atoms with Crippen LogP contribution in [0, 0.1) is 17.7 Å². The largest absolute Gasteiger partial charge is 0.497 e. The molecular weight excluding hydrogens is 472 g/mol. The molecule has 3 aliphatic heterocycles. The SMILES string of the molecule is COc1ccc(C2=NOC3CN(c4c(F)cc5c(c4OC)N([C@@H]4C[C@@H]4F)CC(C=O)C5=O)CC23)cc1. The maximum Gasteiger partial charge on any atom is 0.177 e. The number of rotatable bonds is 6. The molecule has 1 saturated heterocycles. The predicted octanol–water partition coefficient (Wildman–Crippen LogP) is 3.01. The summed E-state index contributed by atoms with van der Waals surface area (Å²) in [4.78, 5) is 33.7. The van der Waals surface area contributed by atoms with Gasteiger partial charge in [-0.05, 0) is 30.3 Å². The minimum Gasteiger partial charge on any atom is -0.497 e. The van der Waals surface area contributed by atoms with Crippen molar-refractivity contribution in [3.63, 3.8) is 0 Å². The van der Waals surface area contributed by atoms with Gasteiger partial charge >= 0.3 is 0 Å². The number of hydrogen-bond acceptors (Lipinski definition) is 8. The van der Waals surface area contributed by atoms with Gasteiger partial charge in [0, 0.05) is 30.6 Å². The van der Waals surface area contributed by atoms with Gasteiger partial charge in [0.1, 0.15) is 23.9 Å². The molecule has 0 spiro atoms. The number of carbonyl (C=O) groups is 2. The van der Waals surface area contributed by atoms with E-state index in [0.29, 0.717) is 31.5 Å². The molecule has 188 valence electrons. The molecule has 6 rings (SSSR count). The zero-order valence-electron chi connectivity index (χ0n) is 19.8. The number of alkyl halides is 1. The lowest BCUT2D eigenvalue weighted by Gasteiger charge is -2.36. The average Bonchev–Trinajstić information content (AvgIpc) is 3.28. The minimum atomic E-state index is -1.07. The van der Waals surface area contributed by atoms with Crippen molar-refractivity contribution in [3.8, 4) is 11.5 Å². The van der Waals surface area contributed by atoms with Crippen molar-refractivity contribution in [2.24, 2.45) is 17.0 Å². The molecule has 3 unspecified atom stereocenters. The highest BCUT2D eigenvalue weighted by molar-refractivity contribution is 6.13.